The second-order valence-corrected chi connectivity index (χ2v) is 6.07. The Bertz CT molecular complexity index is 181. The summed E-state index contributed by atoms with van der Waals surface area (Å²) in [6.45, 7) is 7.91. The summed E-state index contributed by atoms with van der Waals surface area (Å²) in [7, 11) is 2.02. The monoisotopic (exact) mass is 227 g/mol. The zero-order valence-electron chi connectivity index (χ0n) is 11.5. The summed E-state index contributed by atoms with van der Waals surface area (Å²) >= 11 is 0. The van der Waals surface area contributed by atoms with Crippen LogP contribution >= 0.6 is 0 Å². The van der Waals surface area contributed by atoms with Crippen molar-refractivity contribution in [3.05, 3.63) is 0 Å². The summed E-state index contributed by atoms with van der Waals surface area (Å²) in [5, 5.41) is 3.26. The molecule has 1 saturated carbocycles. The molecule has 96 valence electrons. The fraction of sp³-hybridized carbons (Fsp3) is 1.00. The fourth-order valence-electron chi connectivity index (χ4n) is 2.32. The van der Waals surface area contributed by atoms with Gasteiger partial charge in [-0.1, -0.05) is 13.8 Å². The van der Waals surface area contributed by atoms with E-state index in [0.29, 0.717) is 17.6 Å². The summed E-state index contributed by atoms with van der Waals surface area (Å²) in [5.41, 5.74) is 0.556. The van der Waals surface area contributed by atoms with Crippen LogP contribution in [0.1, 0.15) is 59.3 Å². The zero-order chi connectivity index (χ0) is 12.0. The lowest BCUT2D eigenvalue weighted by Gasteiger charge is -2.34. The van der Waals surface area contributed by atoms with Gasteiger partial charge in [0.1, 0.15) is 0 Å². The van der Waals surface area contributed by atoms with Gasteiger partial charge in [0.05, 0.1) is 6.10 Å². The van der Waals surface area contributed by atoms with E-state index in [1.54, 1.807) is 0 Å². The van der Waals surface area contributed by atoms with Gasteiger partial charge in [-0.15, -0.1) is 0 Å². The van der Waals surface area contributed by atoms with E-state index in [0.717, 1.165) is 6.61 Å². The lowest BCUT2D eigenvalue weighted by Crippen LogP contribution is -2.27. The maximum Gasteiger partial charge on any atom is 0.0575 e. The van der Waals surface area contributed by atoms with Gasteiger partial charge in [-0.25, -0.2) is 0 Å². The molecule has 1 atom stereocenters. The van der Waals surface area contributed by atoms with Crippen molar-refractivity contribution >= 4 is 0 Å². The summed E-state index contributed by atoms with van der Waals surface area (Å²) in [6.07, 6.45) is 8.10. The highest BCUT2D eigenvalue weighted by molar-refractivity contribution is 4.78. The van der Waals surface area contributed by atoms with Crippen LogP contribution < -0.4 is 5.32 Å². The van der Waals surface area contributed by atoms with Gasteiger partial charge in [0.2, 0.25) is 0 Å². The van der Waals surface area contributed by atoms with Crippen LogP contribution in [0.4, 0.5) is 0 Å². The minimum absolute atomic E-state index is 0.540. The molecule has 0 saturated heterocycles. The highest BCUT2D eigenvalue weighted by Crippen LogP contribution is 2.36. The molecule has 0 aromatic heterocycles. The predicted octanol–water partition coefficient (Wildman–Crippen LogP) is 3.36. The van der Waals surface area contributed by atoms with Crippen LogP contribution in [0.15, 0.2) is 0 Å². The van der Waals surface area contributed by atoms with Crippen molar-refractivity contribution in [2.45, 2.75) is 71.4 Å². The number of hydrogen-bond donors (Lipinski definition) is 1. The molecule has 2 nitrogen and oxygen atoms in total. The second kappa shape index (κ2) is 6.61. The van der Waals surface area contributed by atoms with Gasteiger partial charge in [-0.2, -0.15) is 0 Å². The average Bonchev–Trinajstić information content (AvgIpc) is 2.26. The molecule has 16 heavy (non-hydrogen) atoms. The molecule has 0 aromatic rings. The van der Waals surface area contributed by atoms with Gasteiger partial charge in [0, 0.05) is 12.6 Å². The summed E-state index contributed by atoms with van der Waals surface area (Å²) in [5.74, 6) is 0. The second-order valence-electron chi connectivity index (χ2n) is 6.07. The molecule has 2 heteroatoms. The molecular formula is C14H29NO. The van der Waals surface area contributed by atoms with Crippen molar-refractivity contribution in [2.24, 2.45) is 5.41 Å². The van der Waals surface area contributed by atoms with E-state index in [2.05, 4.69) is 26.1 Å². The van der Waals surface area contributed by atoms with Crippen LogP contribution in [0.3, 0.4) is 0 Å². The smallest absolute Gasteiger partial charge is 0.0575 e. The van der Waals surface area contributed by atoms with E-state index in [-0.39, 0.29) is 0 Å². The topological polar surface area (TPSA) is 21.3 Å². The number of hydrogen-bond acceptors (Lipinski definition) is 2. The Morgan fingerprint density at radius 1 is 1.31 bits per heavy atom. The molecule has 0 radical (unpaired) electrons. The van der Waals surface area contributed by atoms with Crippen LogP contribution in [0.2, 0.25) is 0 Å². The number of ether oxygens (including phenoxy) is 1. The first-order valence-electron chi connectivity index (χ1n) is 6.82. The van der Waals surface area contributed by atoms with Gasteiger partial charge < -0.3 is 10.1 Å². The van der Waals surface area contributed by atoms with Crippen LogP contribution in [-0.2, 0) is 4.74 Å². The van der Waals surface area contributed by atoms with E-state index < -0.39 is 0 Å². The van der Waals surface area contributed by atoms with Gasteiger partial charge >= 0.3 is 0 Å². The van der Waals surface area contributed by atoms with E-state index in [1.807, 2.05) is 7.05 Å². The third-order valence-electron chi connectivity index (χ3n) is 3.91. The fourth-order valence-corrected chi connectivity index (χ4v) is 2.32. The molecule has 1 rings (SSSR count). The van der Waals surface area contributed by atoms with Gasteiger partial charge in [-0.05, 0) is 57.9 Å². The van der Waals surface area contributed by atoms with Gasteiger partial charge in [0.25, 0.3) is 0 Å². The summed E-state index contributed by atoms with van der Waals surface area (Å²) in [6, 6.07) is 0.619. The Labute approximate surface area is 101 Å². The van der Waals surface area contributed by atoms with Crippen LogP contribution in [0, 0.1) is 5.41 Å². The van der Waals surface area contributed by atoms with Crippen molar-refractivity contribution in [1.29, 1.82) is 0 Å². The normalized spacial score (nSPS) is 23.2. The Kier molecular flexibility index (Phi) is 5.77. The molecule has 0 bridgehead atoms. The lowest BCUT2D eigenvalue weighted by molar-refractivity contribution is 0.00236. The minimum atomic E-state index is 0.540. The molecule has 1 aliphatic rings. The molecule has 1 fully saturated rings. The van der Waals surface area contributed by atoms with Crippen molar-refractivity contribution in [3.8, 4) is 0 Å². The standard InChI is InChI=1S/C14H29NO/c1-12(15-4)6-5-11-16-13-7-9-14(2,3)10-8-13/h12-13,15H,5-11H2,1-4H3. The van der Waals surface area contributed by atoms with Crippen molar-refractivity contribution in [3.63, 3.8) is 0 Å². The molecule has 0 aliphatic heterocycles. The van der Waals surface area contributed by atoms with Crippen LogP contribution in [-0.4, -0.2) is 25.8 Å². The maximum absolute atomic E-state index is 5.94. The Morgan fingerprint density at radius 3 is 2.50 bits per heavy atom. The molecule has 0 aromatic carbocycles. The van der Waals surface area contributed by atoms with Crippen molar-refractivity contribution in [1.82, 2.24) is 5.32 Å². The maximum atomic E-state index is 5.94. The first-order valence-corrected chi connectivity index (χ1v) is 6.82. The van der Waals surface area contributed by atoms with E-state index in [1.165, 1.54) is 38.5 Å². The zero-order valence-corrected chi connectivity index (χ0v) is 11.5. The predicted molar refractivity (Wildman–Crippen MR) is 69.7 cm³/mol. The Morgan fingerprint density at radius 2 is 1.94 bits per heavy atom. The van der Waals surface area contributed by atoms with Gasteiger partial charge in [0.15, 0.2) is 0 Å². The van der Waals surface area contributed by atoms with Gasteiger partial charge in [-0.3, -0.25) is 0 Å². The number of rotatable bonds is 6. The van der Waals surface area contributed by atoms with E-state index in [9.17, 15) is 0 Å². The number of nitrogens with one attached hydrogen (secondary N) is 1. The van der Waals surface area contributed by atoms with E-state index in [4.69, 9.17) is 4.74 Å². The third kappa shape index (κ3) is 5.31. The quantitative estimate of drug-likeness (QED) is 0.703. The Hall–Kier alpha value is -0.0800. The van der Waals surface area contributed by atoms with Crippen LogP contribution in [0.5, 0.6) is 0 Å². The van der Waals surface area contributed by atoms with E-state index >= 15 is 0 Å². The molecule has 1 unspecified atom stereocenters. The molecule has 1 aliphatic carbocycles. The molecule has 0 spiro atoms. The summed E-state index contributed by atoms with van der Waals surface area (Å²) in [4.78, 5) is 0. The minimum Gasteiger partial charge on any atom is -0.378 e. The first-order chi connectivity index (χ1) is 7.53. The van der Waals surface area contributed by atoms with Crippen LogP contribution in [0.25, 0.3) is 0 Å². The van der Waals surface area contributed by atoms with Crippen molar-refractivity contribution < 1.29 is 4.74 Å². The molecular weight excluding hydrogens is 198 g/mol. The third-order valence-corrected chi connectivity index (χ3v) is 3.91. The van der Waals surface area contributed by atoms with Crippen molar-refractivity contribution in [2.75, 3.05) is 13.7 Å². The first kappa shape index (κ1) is 14.0. The highest BCUT2D eigenvalue weighted by atomic mass is 16.5. The Balaban J connectivity index is 2.02. The highest BCUT2D eigenvalue weighted by Gasteiger charge is 2.26. The molecule has 0 heterocycles. The largest absolute Gasteiger partial charge is 0.378 e. The SMILES string of the molecule is CNC(C)CCCOC1CCC(C)(C)CC1. The average molecular weight is 227 g/mol. The molecule has 0 amide bonds. The summed E-state index contributed by atoms with van der Waals surface area (Å²) < 4.78 is 5.94. The molecule has 1 N–H and O–H groups in total. The lowest BCUT2D eigenvalue weighted by atomic mass is 9.76.